The Morgan fingerprint density at radius 3 is 2.92 bits per heavy atom. The van der Waals surface area contributed by atoms with E-state index in [0.29, 0.717) is 13.1 Å². The van der Waals surface area contributed by atoms with Gasteiger partial charge in [-0.3, -0.25) is 4.79 Å². The van der Waals surface area contributed by atoms with E-state index >= 15 is 0 Å². The first-order valence-corrected chi connectivity index (χ1v) is 8.00. The number of nitrogens with one attached hydrogen (secondary N) is 1. The fraction of sp³-hybridized carbons (Fsp3) is 0.353. The lowest BCUT2D eigenvalue weighted by molar-refractivity contribution is -0.123. The summed E-state index contributed by atoms with van der Waals surface area (Å²) in [4.78, 5) is 25.5. The molecule has 3 rings (SSSR count). The van der Waals surface area contributed by atoms with E-state index in [1.165, 1.54) is 0 Å². The Labute approximate surface area is 140 Å². The zero-order valence-electron chi connectivity index (χ0n) is 13.6. The summed E-state index contributed by atoms with van der Waals surface area (Å²) in [5, 5.41) is 7.13. The summed E-state index contributed by atoms with van der Waals surface area (Å²) in [6.07, 6.45) is 5.08. The van der Waals surface area contributed by atoms with Crippen LogP contribution in [-0.4, -0.2) is 39.7 Å². The van der Waals surface area contributed by atoms with Gasteiger partial charge in [-0.1, -0.05) is 6.07 Å². The van der Waals surface area contributed by atoms with E-state index in [-0.39, 0.29) is 17.9 Å². The maximum Gasteiger partial charge on any atom is 0.321 e. The number of likely N-dealkylation sites (tertiary alicyclic amines) is 1. The van der Waals surface area contributed by atoms with Crippen molar-refractivity contribution in [1.29, 1.82) is 0 Å². The van der Waals surface area contributed by atoms with Gasteiger partial charge in [0.1, 0.15) is 0 Å². The zero-order chi connectivity index (χ0) is 17.1. The molecule has 7 heteroatoms. The number of hydrogen-bond donors (Lipinski definition) is 2. The van der Waals surface area contributed by atoms with Crippen molar-refractivity contribution in [2.45, 2.75) is 19.8 Å². The second kappa shape index (κ2) is 6.74. The maximum atomic E-state index is 12.5. The molecule has 1 aliphatic heterocycles. The van der Waals surface area contributed by atoms with E-state index in [1.807, 2.05) is 37.4 Å². The number of primary amides is 1. The van der Waals surface area contributed by atoms with Crippen molar-refractivity contribution in [3.8, 4) is 5.69 Å². The number of nitrogens with zero attached hydrogens (tertiary/aromatic N) is 3. The summed E-state index contributed by atoms with van der Waals surface area (Å²) >= 11 is 0. The number of urea groups is 1. The number of anilines is 1. The minimum atomic E-state index is -0.343. The van der Waals surface area contributed by atoms with Crippen LogP contribution in [0.5, 0.6) is 0 Å². The van der Waals surface area contributed by atoms with Crippen LogP contribution >= 0.6 is 0 Å². The standard InChI is InChI=1S/C17H21N5O2/c1-12-5-6-14(22-9-3-7-19-22)10-15(12)20-17(24)21-8-2-4-13(11-21)16(18)23/h3,5-7,9-10,13H,2,4,8,11H2,1H3,(H2,18,23)(H,20,24)/t13-/m0/s1. The first-order valence-electron chi connectivity index (χ1n) is 8.00. The number of aromatic nitrogens is 2. The molecular weight excluding hydrogens is 306 g/mol. The zero-order valence-corrected chi connectivity index (χ0v) is 13.6. The molecule has 1 aliphatic rings. The second-order valence-corrected chi connectivity index (χ2v) is 6.07. The fourth-order valence-electron chi connectivity index (χ4n) is 2.90. The van der Waals surface area contributed by atoms with Gasteiger partial charge in [0.05, 0.1) is 11.6 Å². The third-order valence-electron chi connectivity index (χ3n) is 4.34. The van der Waals surface area contributed by atoms with Crippen molar-refractivity contribution in [2.75, 3.05) is 18.4 Å². The van der Waals surface area contributed by atoms with Crippen molar-refractivity contribution in [3.63, 3.8) is 0 Å². The Morgan fingerprint density at radius 1 is 1.38 bits per heavy atom. The summed E-state index contributed by atoms with van der Waals surface area (Å²) in [7, 11) is 0. The topological polar surface area (TPSA) is 93.2 Å². The van der Waals surface area contributed by atoms with Gasteiger partial charge in [-0.05, 0) is 43.5 Å². The van der Waals surface area contributed by atoms with Crippen LogP contribution in [0.25, 0.3) is 5.69 Å². The van der Waals surface area contributed by atoms with E-state index in [2.05, 4.69) is 10.4 Å². The van der Waals surface area contributed by atoms with Crippen LogP contribution in [-0.2, 0) is 4.79 Å². The van der Waals surface area contributed by atoms with E-state index in [4.69, 9.17) is 5.73 Å². The number of amides is 3. The third kappa shape index (κ3) is 3.40. The molecule has 1 atom stereocenters. The lowest BCUT2D eigenvalue weighted by atomic mass is 9.98. The minimum absolute atomic E-state index is 0.207. The molecule has 0 spiro atoms. The third-order valence-corrected chi connectivity index (χ3v) is 4.34. The number of aryl methyl sites for hydroxylation is 1. The molecule has 2 heterocycles. The van der Waals surface area contributed by atoms with Crippen LogP contribution in [0.15, 0.2) is 36.7 Å². The summed E-state index contributed by atoms with van der Waals surface area (Å²) < 4.78 is 1.74. The molecule has 1 aromatic heterocycles. The van der Waals surface area contributed by atoms with Gasteiger partial charge in [0.15, 0.2) is 0 Å². The van der Waals surface area contributed by atoms with Crippen molar-refractivity contribution >= 4 is 17.6 Å². The van der Waals surface area contributed by atoms with E-state index in [9.17, 15) is 9.59 Å². The predicted octanol–water partition coefficient (Wildman–Crippen LogP) is 1.91. The van der Waals surface area contributed by atoms with Gasteiger partial charge in [-0.15, -0.1) is 0 Å². The number of piperidine rings is 1. The number of carbonyl (C=O) groups excluding carboxylic acids is 2. The molecule has 2 aromatic rings. The Morgan fingerprint density at radius 2 is 2.21 bits per heavy atom. The molecule has 0 unspecified atom stereocenters. The van der Waals surface area contributed by atoms with Crippen molar-refractivity contribution in [1.82, 2.24) is 14.7 Å². The molecule has 3 N–H and O–H groups in total. The molecule has 126 valence electrons. The molecule has 0 radical (unpaired) electrons. The lowest BCUT2D eigenvalue weighted by Crippen LogP contribution is -2.45. The Balaban J connectivity index is 1.74. The Bertz CT molecular complexity index is 741. The smallest absolute Gasteiger partial charge is 0.321 e. The molecule has 1 aromatic carbocycles. The highest BCUT2D eigenvalue weighted by molar-refractivity contribution is 5.91. The van der Waals surface area contributed by atoms with E-state index in [1.54, 1.807) is 15.8 Å². The van der Waals surface area contributed by atoms with Gasteiger partial charge < -0.3 is 16.0 Å². The molecule has 24 heavy (non-hydrogen) atoms. The van der Waals surface area contributed by atoms with E-state index < -0.39 is 0 Å². The quantitative estimate of drug-likeness (QED) is 0.902. The number of hydrogen-bond acceptors (Lipinski definition) is 3. The van der Waals surface area contributed by atoms with Gasteiger partial charge in [0, 0.05) is 31.2 Å². The van der Waals surface area contributed by atoms with Crippen LogP contribution in [0.2, 0.25) is 0 Å². The monoisotopic (exact) mass is 327 g/mol. The van der Waals surface area contributed by atoms with Crippen LogP contribution in [0, 0.1) is 12.8 Å². The lowest BCUT2D eigenvalue weighted by Gasteiger charge is -2.31. The summed E-state index contributed by atoms with van der Waals surface area (Å²) in [6, 6.07) is 7.41. The van der Waals surface area contributed by atoms with E-state index in [0.717, 1.165) is 29.8 Å². The van der Waals surface area contributed by atoms with Crippen LogP contribution in [0.3, 0.4) is 0 Å². The number of rotatable bonds is 3. The van der Waals surface area contributed by atoms with Gasteiger partial charge >= 0.3 is 6.03 Å². The molecule has 0 saturated carbocycles. The van der Waals surface area contributed by atoms with Crippen molar-refractivity contribution in [3.05, 3.63) is 42.2 Å². The summed E-state index contributed by atoms with van der Waals surface area (Å²) in [6.45, 7) is 2.94. The van der Waals surface area contributed by atoms with Crippen molar-refractivity contribution in [2.24, 2.45) is 11.7 Å². The number of benzene rings is 1. The highest BCUT2D eigenvalue weighted by Gasteiger charge is 2.27. The molecule has 1 saturated heterocycles. The summed E-state index contributed by atoms with van der Waals surface area (Å²) in [5.74, 6) is -0.606. The Hall–Kier alpha value is -2.83. The predicted molar refractivity (Wildman–Crippen MR) is 90.8 cm³/mol. The molecule has 1 fully saturated rings. The van der Waals surface area contributed by atoms with Gasteiger partial charge in [-0.25, -0.2) is 9.48 Å². The highest BCUT2D eigenvalue weighted by Crippen LogP contribution is 2.21. The average Bonchev–Trinajstić information content (AvgIpc) is 3.11. The molecule has 7 nitrogen and oxygen atoms in total. The number of carbonyl (C=O) groups is 2. The minimum Gasteiger partial charge on any atom is -0.369 e. The molecule has 0 aliphatic carbocycles. The second-order valence-electron chi connectivity index (χ2n) is 6.07. The van der Waals surface area contributed by atoms with Crippen LogP contribution in [0.1, 0.15) is 18.4 Å². The van der Waals surface area contributed by atoms with Crippen LogP contribution in [0.4, 0.5) is 10.5 Å². The van der Waals surface area contributed by atoms with Crippen LogP contribution < -0.4 is 11.1 Å². The molecule has 0 bridgehead atoms. The molecule has 3 amide bonds. The van der Waals surface area contributed by atoms with Gasteiger partial charge in [0.25, 0.3) is 0 Å². The number of nitrogens with two attached hydrogens (primary N) is 1. The normalized spacial score (nSPS) is 17.5. The Kier molecular flexibility index (Phi) is 4.50. The first kappa shape index (κ1) is 16.0. The SMILES string of the molecule is Cc1ccc(-n2cccn2)cc1NC(=O)N1CCC[C@H](C(N)=O)C1. The van der Waals surface area contributed by atoms with Crippen molar-refractivity contribution < 1.29 is 9.59 Å². The summed E-state index contributed by atoms with van der Waals surface area (Å²) in [5.41, 5.74) is 7.93. The largest absolute Gasteiger partial charge is 0.369 e. The van der Waals surface area contributed by atoms with Gasteiger partial charge in [-0.2, -0.15) is 5.10 Å². The first-order chi connectivity index (χ1) is 11.5. The van der Waals surface area contributed by atoms with Gasteiger partial charge in [0.2, 0.25) is 5.91 Å². The highest BCUT2D eigenvalue weighted by atomic mass is 16.2. The average molecular weight is 327 g/mol. The maximum absolute atomic E-state index is 12.5. The fourth-order valence-corrected chi connectivity index (χ4v) is 2.90. The molecular formula is C17H21N5O2.